The van der Waals surface area contributed by atoms with Gasteiger partial charge in [0, 0.05) is 27.9 Å². The number of carbonyl (C=O) groups is 4. The highest BCUT2D eigenvalue weighted by atomic mass is 79.9. The van der Waals surface area contributed by atoms with Crippen LogP contribution in [0.3, 0.4) is 0 Å². The average molecular weight is 579 g/mol. The van der Waals surface area contributed by atoms with Gasteiger partial charge in [0.05, 0.1) is 10.6 Å². The number of nitro benzene ring substituents is 1. The van der Waals surface area contributed by atoms with Crippen LogP contribution >= 0.6 is 15.9 Å². The van der Waals surface area contributed by atoms with Crippen LogP contribution in [0, 0.1) is 17.0 Å². The van der Waals surface area contributed by atoms with E-state index in [1.807, 2.05) is 19.1 Å². The Kier molecular flexibility index (Phi) is 7.63. The fourth-order valence-corrected chi connectivity index (χ4v) is 3.91. The number of nitrogens with one attached hydrogen (secondary N) is 2. The zero-order valence-corrected chi connectivity index (χ0v) is 21.4. The molecule has 4 rings (SSSR count). The van der Waals surface area contributed by atoms with Gasteiger partial charge in [-0.2, -0.15) is 0 Å². The number of nitro groups is 1. The molecule has 1 heterocycles. The van der Waals surface area contributed by atoms with E-state index in [0.717, 1.165) is 11.6 Å². The molecule has 0 atom stereocenters. The Morgan fingerprint density at radius 1 is 1.11 bits per heavy atom. The van der Waals surface area contributed by atoms with Crippen molar-refractivity contribution in [1.29, 1.82) is 0 Å². The van der Waals surface area contributed by atoms with Gasteiger partial charge in [0.2, 0.25) is 0 Å². The highest BCUT2D eigenvalue weighted by Crippen LogP contribution is 2.29. The van der Waals surface area contributed by atoms with Gasteiger partial charge < -0.3 is 10.1 Å². The second-order valence-corrected chi connectivity index (χ2v) is 9.04. The van der Waals surface area contributed by atoms with Gasteiger partial charge in [0.1, 0.15) is 11.3 Å². The Labute approximate surface area is 224 Å². The number of hydrogen-bond donors (Lipinski definition) is 2. The van der Waals surface area contributed by atoms with E-state index in [-0.39, 0.29) is 29.3 Å². The van der Waals surface area contributed by atoms with Gasteiger partial charge in [-0.1, -0.05) is 39.7 Å². The number of nitrogens with zero attached hydrogens (tertiary/aromatic N) is 2. The van der Waals surface area contributed by atoms with Crippen molar-refractivity contribution in [2.45, 2.75) is 6.92 Å². The smallest absolute Gasteiger partial charge is 0.335 e. The van der Waals surface area contributed by atoms with E-state index >= 15 is 0 Å². The van der Waals surface area contributed by atoms with E-state index in [1.165, 1.54) is 24.3 Å². The first-order valence-corrected chi connectivity index (χ1v) is 11.9. The number of imide groups is 2. The molecule has 5 amide bonds. The lowest BCUT2D eigenvalue weighted by molar-refractivity contribution is -0.384. The van der Waals surface area contributed by atoms with Crippen molar-refractivity contribution in [1.82, 2.24) is 5.32 Å². The molecule has 0 spiro atoms. The molecule has 192 valence electrons. The molecule has 1 fully saturated rings. The van der Waals surface area contributed by atoms with E-state index in [0.29, 0.717) is 15.1 Å². The van der Waals surface area contributed by atoms with Gasteiger partial charge in [0.25, 0.3) is 23.4 Å². The molecular formula is C26H19BrN4O7. The van der Waals surface area contributed by atoms with E-state index in [9.17, 15) is 29.3 Å². The Hall–Kier alpha value is -4.84. The minimum atomic E-state index is -1.05. The van der Waals surface area contributed by atoms with Crippen LogP contribution in [0.25, 0.3) is 6.08 Å². The number of barbiturate groups is 1. The number of rotatable bonds is 7. The first-order valence-electron chi connectivity index (χ1n) is 11.1. The third-order valence-corrected chi connectivity index (χ3v) is 5.86. The molecule has 0 aliphatic carbocycles. The lowest BCUT2D eigenvalue weighted by Gasteiger charge is -2.26. The number of ether oxygens (including phenoxy) is 1. The summed E-state index contributed by atoms with van der Waals surface area (Å²) in [7, 11) is 0. The highest BCUT2D eigenvalue weighted by molar-refractivity contribution is 9.10. The minimum Gasteiger partial charge on any atom is -0.483 e. The number of benzene rings is 3. The van der Waals surface area contributed by atoms with Crippen LogP contribution in [0.5, 0.6) is 5.75 Å². The van der Waals surface area contributed by atoms with Gasteiger partial charge in [-0.05, 0) is 49.4 Å². The quantitative estimate of drug-likeness (QED) is 0.183. The van der Waals surface area contributed by atoms with Crippen molar-refractivity contribution in [3.63, 3.8) is 0 Å². The second-order valence-electron chi connectivity index (χ2n) is 8.12. The summed E-state index contributed by atoms with van der Waals surface area (Å²) >= 11 is 3.32. The summed E-state index contributed by atoms with van der Waals surface area (Å²) in [6, 6.07) is 15.8. The zero-order valence-electron chi connectivity index (χ0n) is 19.8. The molecule has 0 unspecified atom stereocenters. The number of halogens is 1. The average Bonchev–Trinajstić information content (AvgIpc) is 2.87. The van der Waals surface area contributed by atoms with Crippen LogP contribution in [0.4, 0.5) is 21.9 Å². The number of aryl methyl sites for hydroxylation is 1. The van der Waals surface area contributed by atoms with Crippen molar-refractivity contribution in [3.05, 3.63) is 98.0 Å². The number of anilines is 2. The molecule has 1 aliphatic rings. The van der Waals surface area contributed by atoms with Gasteiger partial charge in [-0.3, -0.25) is 29.8 Å². The maximum absolute atomic E-state index is 13.2. The zero-order chi connectivity index (χ0) is 27.4. The third kappa shape index (κ3) is 5.93. The van der Waals surface area contributed by atoms with Crippen LogP contribution in [0.15, 0.2) is 76.8 Å². The van der Waals surface area contributed by atoms with E-state index < -0.39 is 34.2 Å². The largest absolute Gasteiger partial charge is 0.483 e. The first kappa shape index (κ1) is 26.2. The van der Waals surface area contributed by atoms with Gasteiger partial charge in [-0.15, -0.1) is 0 Å². The molecule has 38 heavy (non-hydrogen) atoms. The monoisotopic (exact) mass is 578 g/mol. The number of urea groups is 1. The molecule has 11 nitrogen and oxygen atoms in total. The van der Waals surface area contributed by atoms with Gasteiger partial charge in [-0.25, -0.2) is 9.69 Å². The summed E-state index contributed by atoms with van der Waals surface area (Å²) in [6.07, 6.45) is 1.21. The van der Waals surface area contributed by atoms with Crippen LogP contribution < -0.4 is 20.3 Å². The maximum atomic E-state index is 13.2. The van der Waals surface area contributed by atoms with Crippen molar-refractivity contribution in [2.24, 2.45) is 0 Å². The molecule has 0 aromatic heterocycles. The third-order valence-electron chi connectivity index (χ3n) is 5.37. The molecular weight excluding hydrogens is 560 g/mol. The standard InChI is InChI=1S/C26H19BrN4O7/c1-15-5-8-18(9-6-15)28-23(32)14-38-22-10-7-17(27)11-16(22)12-21-24(33)29-26(35)30(25(21)34)19-3-2-4-20(13-19)31(36)37/h2-13H,14H2,1H3,(H,28,32)(H,29,33,35)/b21-12+. The lowest BCUT2D eigenvalue weighted by atomic mass is 10.1. The molecule has 1 aliphatic heterocycles. The van der Waals surface area contributed by atoms with Crippen LogP contribution in [-0.4, -0.2) is 35.3 Å². The normalized spacial score (nSPS) is 14.3. The van der Waals surface area contributed by atoms with Crippen LogP contribution in [0.1, 0.15) is 11.1 Å². The molecule has 12 heteroatoms. The van der Waals surface area contributed by atoms with Crippen LogP contribution in [0.2, 0.25) is 0 Å². The van der Waals surface area contributed by atoms with Gasteiger partial charge in [0.15, 0.2) is 6.61 Å². The second kappa shape index (κ2) is 11.0. The first-order chi connectivity index (χ1) is 18.1. The van der Waals surface area contributed by atoms with Crippen molar-refractivity contribution < 1.29 is 28.8 Å². The fraction of sp³-hybridized carbons (Fsp3) is 0.0769. The fourth-order valence-electron chi connectivity index (χ4n) is 3.53. The van der Waals surface area contributed by atoms with E-state index in [4.69, 9.17) is 4.74 Å². The summed E-state index contributed by atoms with van der Waals surface area (Å²) < 4.78 is 6.25. The summed E-state index contributed by atoms with van der Waals surface area (Å²) in [5.41, 5.74) is 1.07. The van der Waals surface area contributed by atoms with Crippen molar-refractivity contribution in [3.8, 4) is 5.75 Å². The lowest BCUT2D eigenvalue weighted by Crippen LogP contribution is -2.54. The van der Waals surface area contributed by atoms with Crippen LogP contribution in [-0.2, 0) is 14.4 Å². The number of amides is 5. The predicted molar refractivity (Wildman–Crippen MR) is 142 cm³/mol. The molecule has 0 radical (unpaired) electrons. The summed E-state index contributed by atoms with van der Waals surface area (Å²) in [6.45, 7) is 1.57. The number of hydrogen-bond acceptors (Lipinski definition) is 7. The minimum absolute atomic E-state index is 0.0846. The van der Waals surface area contributed by atoms with Gasteiger partial charge >= 0.3 is 6.03 Å². The Morgan fingerprint density at radius 2 is 1.84 bits per heavy atom. The van der Waals surface area contributed by atoms with E-state index in [2.05, 4.69) is 26.6 Å². The SMILES string of the molecule is Cc1ccc(NC(=O)COc2ccc(Br)cc2/C=C2\C(=O)NC(=O)N(c3cccc([N+](=O)[O-])c3)C2=O)cc1. The molecule has 2 N–H and O–H groups in total. The van der Waals surface area contributed by atoms with Crippen molar-refractivity contribution >= 4 is 62.8 Å². The maximum Gasteiger partial charge on any atom is 0.335 e. The molecule has 0 saturated carbocycles. The Morgan fingerprint density at radius 3 is 2.55 bits per heavy atom. The summed E-state index contributed by atoms with van der Waals surface area (Å²) in [5, 5.41) is 15.9. The summed E-state index contributed by atoms with van der Waals surface area (Å²) in [5.74, 6) is -2.17. The predicted octanol–water partition coefficient (Wildman–Crippen LogP) is 4.35. The Bertz CT molecular complexity index is 1500. The highest BCUT2D eigenvalue weighted by Gasteiger charge is 2.37. The number of non-ortho nitro benzene ring substituents is 1. The summed E-state index contributed by atoms with van der Waals surface area (Å²) in [4.78, 5) is 61.7. The molecule has 1 saturated heterocycles. The molecule has 0 bridgehead atoms. The molecule has 3 aromatic rings. The van der Waals surface area contributed by atoms with E-state index in [1.54, 1.807) is 30.3 Å². The molecule has 3 aromatic carbocycles. The Balaban J connectivity index is 1.59. The van der Waals surface area contributed by atoms with Crippen molar-refractivity contribution in [2.75, 3.05) is 16.8 Å². The topological polar surface area (TPSA) is 148 Å². The number of carbonyl (C=O) groups excluding carboxylic acids is 4.